The molecular formula is C21H17NO8. The molecule has 0 saturated carbocycles. The molecule has 4 aliphatic heterocycles. The van der Waals surface area contributed by atoms with Gasteiger partial charge in [-0.05, 0) is 17.7 Å². The topological polar surface area (TPSA) is 93.7 Å². The van der Waals surface area contributed by atoms with Gasteiger partial charge in [-0.2, -0.15) is 0 Å². The Morgan fingerprint density at radius 3 is 2.47 bits per heavy atom. The molecule has 0 bridgehead atoms. The van der Waals surface area contributed by atoms with E-state index < -0.39 is 5.92 Å². The predicted molar refractivity (Wildman–Crippen MR) is 102 cm³/mol. The second kappa shape index (κ2) is 6.12. The number of nitrogens with one attached hydrogen (secondary N) is 1. The van der Waals surface area contributed by atoms with E-state index in [2.05, 4.69) is 5.32 Å². The molecule has 0 fully saturated rings. The molecule has 0 aliphatic carbocycles. The quantitative estimate of drug-likeness (QED) is 0.765. The van der Waals surface area contributed by atoms with Gasteiger partial charge < -0.3 is 38.5 Å². The third-order valence-corrected chi connectivity index (χ3v) is 5.65. The van der Waals surface area contributed by atoms with E-state index in [-0.39, 0.29) is 26.2 Å². The lowest BCUT2D eigenvalue weighted by Crippen LogP contribution is -2.20. The van der Waals surface area contributed by atoms with E-state index in [0.717, 1.165) is 11.3 Å². The van der Waals surface area contributed by atoms with E-state index in [0.29, 0.717) is 51.3 Å². The van der Waals surface area contributed by atoms with Gasteiger partial charge >= 0.3 is 5.97 Å². The van der Waals surface area contributed by atoms with Crippen LogP contribution in [0.25, 0.3) is 0 Å². The Labute approximate surface area is 171 Å². The van der Waals surface area contributed by atoms with Gasteiger partial charge in [0, 0.05) is 23.2 Å². The normalized spacial score (nSPS) is 19.8. The highest BCUT2D eigenvalue weighted by Gasteiger charge is 2.42. The summed E-state index contributed by atoms with van der Waals surface area (Å²) < 4.78 is 38.9. The van der Waals surface area contributed by atoms with Crippen LogP contribution in [0.1, 0.15) is 17.0 Å². The van der Waals surface area contributed by atoms with E-state index >= 15 is 0 Å². The number of ether oxygens (including phenoxy) is 7. The minimum absolute atomic E-state index is 0.0585. The number of carbonyl (C=O) groups is 1. The van der Waals surface area contributed by atoms with Crippen LogP contribution < -0.4 is 33.7 Å². The van der Waals surface area contributed by atoms with E-state index in [1.807, 2.05) is 18.2 Å². The van der Waals surface area contributed by atoms with Crippen molar-refractivity contribution in [2.75, 3.05) is 39.7 Å². The molecule has 2 aromatic rings. The van der Waals surface area contributed by atoms with Crippen LogP contribution in [-0.2, 0) is 9.53 Å². The molecule has 9 heteroatoms. The SMILES string of the molecule is COc1cc(C2C3=C(COC3=O)Nc3cc4c(cc32)OCO4)c(OC)c2c1OCO2. The Morgan fingerprint density at radius 2 is 1.67 bits per heavy atom. The van der Waals surface area contributed by atoms with Gasteiger partial charge in [-0.1, -0.05) is 0 Å². The van der Waals surface area contributed by atoms with Crippen LogP contribution in [0.3, 0.4) is 0 Å². The summed E-state index contributed by atoms with van der Waals surface area (Å²) >= 11 is 0. The first-order valence-electron chi connectivity index (χ1n) is 9.34. The predicted octanol–water partition coefficient (Wildman–Crippen LogP) is 2.53. The second-order valence-electron chi connectivity index (χ2n) is 7.09. The number of hydrogen-bond donors (Lipinski definition) is 1. The van der Waals surface area contributed by atoms with Gasteiger partial charge in [-0.25, -0.2) is 4.79 Å². The van der Waals surface area contributed by atoms with Crippen molar-refractivity contribution in [1.82, 2.24) is 0 Å². The van der Waals surface area contributed by atoms with Crippen LogP contribution in [0.4, 0.5) is 5.69 Å². The third-order valence-electron chi connectivity index (χ3n) is 5.65. The summed E-state index contributed by atoms with van der Waals surface area (Å²) in [6.07, 6.45) is 0. The second-order valence-corrected chi connectivity index (χ2v) is 7.09. The fraction of sp³-hybridized carbons (Fsp3) is 0.286. The fourth-order valence-corrected chi connectivity index (χ4v) is 4.37. The zero-order chi connectivity index (χ0) is 20.4. The molecule has 6 rings (SSSR count). The number of esters is 1. The molecule has 0 radical (unpaired) electrons. The van der Waals surface area contributed by atoms with E-state index in [1.165, 1.54) is 0 Å². The Bertz CT molecular complexity index is 1140. The molecule has 0 spiro atoms. The van der Waals surface area contributed by atoms with Crippen molar-refractivity contribution in [3.63, 3.8) is 0 Å². The monoisotopic (exact) mass is 411 g/mol. The summed E-state index contributed by atoms with van der Waals surface area (Å²) in [5.74, 6) is 2.27. The summed E-state index contributed by atoms with van der Waals surface area (Å²) in [5.41, 5.74) is 3.55. The number of cyclic esters (lactones) is 1. The number of benzene rings is 2. The number of hydrogen-bond acceptors (Lipinski definition) is 9. The van der Waals surface area contributed by atoms with Crippen LogP contribution >= 0.6 is 0 Å². The zero-order valence-corrected chi connectivity index (χ0v) is 16.2. The van der Waals surface area contributed by atoms with Crippen LogP contribution in [0, 0.1) is 0 Å². The van der Waals surface area contributed by atoms with Gasteiger partial charge in [0.2, 0.25) is 25.1 Å². The summed E-state index contributed by atoms with van der Waals surface area (Å²) in [5, 5.41) is 3.31. The van der Waals surface area contributed by atoms with Gasteiger partial charge in [-0.3, -0.25) is 0 Å². The van der Waals surface area contributed by atoms with Crippen LogP contribution in [-0.4, -0.2) is 40.4 Å². The van der Waals surface area contributed by atoms with Crippen molar-refractivity contribution in [3.05, 3.63) is 40.6 Å². The molecule has 1 unspecified atom stereocenters. The average molecular weight is 411 g/mol. The molecule has 1 atom stereocenters. The molecule has 9 nitrogen and oxygen atoms in total. The molecule has 154 valence electrons. The first-order valence-corrected chi connectivity index (χ1v) is 9.34. The smallest absolute Gasteiger partial charge is 0.337 e. The van der Waals surface area contributed by atoms with Gasteiger partial charge in [0.05, 0.1) is 25.5 Å². The third kappa shape index (κ3) is 2.20. The lowest BCUT2D eigenvalue weighted by atomic mass is 9.80. The highest BCUT2D eigenvalue weighted by molar-refractivity contribution is 5.98. The molecule has 1 N–H and O–H groups in total. The maximum absolute atomic E-state index is 12.7. The van der Waals surface area contributed by atoms with E-state index in [1.54, 1.807) is 14.2 Å². The molecule has 0 aromatic heterocycles. The molecule has 30 heavy (non-hydrogen) atoms. The first-order chi connectivity index (χ1) is 14.7. The zero-order valence-electron chi connectivity index (χ0n) is 16.2. The Balaban J connectivity index is 1.63. The number of fused-ring (bicyclic) bond motifs is 3. The minimum Gasteiger partial charge on any atom is -0.493 e. The number of carbonyl (C=O) groups excluding carboxylic acids is 1. The van der Waals surface area contributed by atoms with Gasteiger partial charge in [0.1, 0.15) is 6.61 Å². The van der Waals surface area contributed by atoms with Crippen molar-refractivity contribution < 1.29 is 38.0 Å². The van der Waals surface area contributed by atoms with E-state index in [4.69, 9.17) is 33.2 Å². The van der Waals surface area contributed by atoms with Gasteiger partial charge in [0.15, 0.2) is 23.0 Å². The molecule has 0 amide bonds. The number of anilines is 1. The number of methoxy groups -OCH3 is 2. The highest BCUT2D eigenvalue weighted by atomic mass is 16.7. The minimum atomic E-state index is -0.487. The molecule has 0 saturated heterocycles. The maximum Gasteiger partial charge on any atom is 0.337 e. The Kier molecular flexibility index (Phi) is 3.50. The lowest BCUT2D eigenvalue weighted by Gasteiger charge is -2.29. The van der Waals surface area contributed by atoms with Gasteiger partial charge in [0.25, 0.3) is 0 Å². The van der Waals surface area contributed by atoms with Crippen LogP contribution in [0.2, 0.25) is 0 Å². The van der Waals surface area contributed by atoms with Gasteiger partial charge in [-0.15, -0.1) is 0 Å². The first kappa shape index (κ1) is 17.1. The average Bonchev–Trinajstić information content (AvgIpc) is 3.49. The van der Waals surface area contributed by atoms with Crippen LogP contribution in [0.15, 0.2) is 29.5 Å². The van der Waals surface area contributed by atoms with Crippen molar-refractivity contribution in [2.24, 2.45) is 0 Å². The number of rotatable bonds is 3. The summed E-state index contributed by atoms with van der Waals surface area (Å²) in [6.45, 7) is 0.380. The van der Waals surface area contributed by atoms with Crippen molar-refractivity contribution in [1.29, 1.82) is 0 Å². The summed E-state index contributed by atoms with van der Waals surface area (Å²) in [6, 6.07) is 5.56. The van der Waals surface area contributed by atoms with E-state index in [9.17, 15) is 4.79 Å². The molecule has 2 aromatic carbocycles. The largest absolute Gasteiger partial charge is 0.493 e. The van der Waals surface area contributed by atoms with Crippen molar-refractivity contribution in [2.45, 2.75) is 5.92 Å². The van der Waals surface area contributed by atoms with Crippen molar-refractivity contribution in [3.8, 4) is 34.5 Å². The lowest BCUT2D eigenvalue weighted by molar-refractivity contribution is -0.136. The maximum atomic E-state index is 12.7. The van der Waals surface area contributed by atoms with Crippen molar-refractivity contribution >= 4 is 11.7 Å². The highest BCUT2D eigenvalue weighted by Crippen LogP contribution is 2.56. The molecule has 4 heterocycles. The summed E-state index contributed by atoms with van der Waals surface area (Å²) in [4.78, 5) is 12.7. The van der Waals surface area contributed by atoms with Crippen LogP contribution in [0.5, 0.6) is 34.5 Å². The Hall–Kier alpha value is -3.75. The fourth-order valence-electron chi connectivity index (χ4n) is 4.37. The molecule has 4 aliphatic rings. The summed E-state index contributed by atoms with van der Waals surface area (Å²) in [7, 11) is 3.10. The standard InChI is InChI=1S/C21H17NO8/c1-24-15-4-10(18(25-2)20-19(15)29-8-30-20)16-9-3-13-14(28-7-27-13)5-11(9)22-12-6-26-21(23)17(12)16/h3-5,16,22H,6-8H2,1-2H3. The molecular weight excluding hydrogens is 394 g/mol. The Morgan fingerprint density at radius 1 is 0.900 bits per heavy atom.